The quantitative estimate of drug-likeness (QED) is 0.189. The summed E-state index contributed by atoms with van der Waals surface area (Å²) in [5, 5.41) is 74.4. The van der Waals surface area contributed by atoms with Gasteiger partial charge in [-0.25, -0.2) is 4.79 Å². The fourth-order valence-corrected chi connectivity index (χ4v) is 6.29. The maximum Gasteiger partial charge on any atom is 0.330 e. The van der Waals surface area contributed by atoms with Gasteiger partial charge in [-0.3, -0.25) is 4.79 Å². The Hall–Kier alpha value is -2.76. The summed E-state index contributed by atoms with van der Waals surface area (Å²) in [6, 6.07) is -1.09. The Morgan fingerprint density at radius 2 is 1.59 bits per heavy atom. The average Bonchev–Trinajstić information content (AvgIpc) is 3.00. The van der Waals surface area contributed by atoms with E-state index < -0.39 is 104 Å². The Kier molecular flexibility index (Phi) is 15.8. The van der Waals surface area contributed by atoms with Gasteiger partial charge in [0.1, 0.15) is 18.1 Å². The standard InChI is InChI=1S/C35H53NO13/c1-4-22-12-9-7-5-6-8-10-14-25(48-34-32(42)30(36)31(41)21(3)47-34)17-27-29(33(43)44)26(39)19-35(45,49-27)18-24(38)16-23(37)13-11-15-28(40)46-20(22)2/h5-12,14-15,20-27,29-32,34,37-39,41-42,45H,4,13,16-19,36H2,1-3H3,(H,43,44)/b7-5-,8-6-,12-9-,14-10-,15-11-/t20-,21-,22+,23+,24+,25+,26+,27+,29-,30+,31-,32+,34+,35-/m1/s1. The normalized spacial score (nSPS) is 45.2. The van der Waals surface area contributed by atoms with E-state index in [1.165, 1.54) is 12.2 Å². The van der Waals surface area contributed by atoms with Crippen LogP contribution in [-0.4, -0.2) is 121 Å². The molecule has 0 aromatic carbocycles. The lowest BCUT2D eigenvalue weighted by Crippen LogP contribution is -2.61. The van der Waals surface area contributed by atoms with Gasteiger partial charge in [0, 0.05) is 31.3 Å². The third kappa shape index (κ3) is 12.2. The van der Waals surface area contributed by atoms with Crippen molar-refractivity contribution >= 4 is 11.9 Å². The smallest absolute Gasteiger partial charge is 0.330 e. The van der Waals surface area contributed by atoms with E-state index in [1.54, 1.807) is 50.3 Å². The molecule has 0 unspecified atom stereocenters. The summed E-state index contributed by atoms with van der Waals surface area (Å²) in [6.45, 7) is 5.32. The van der Waals surface area contributed by atoms with Crippen LogP contribution in [-0.2, 0) is 28.5 Å². The number of cyclic esters (lactones) is 1. The van der Waals surface area contributed by atoms with E-state index in [0.717, 1.165) is 6.42 Å². The fourth-order valence-electron chi connectivity index (χ4n) is 6.29. The number of aliphatic hydroxyl groups excluding tert-OH is 5. The molecule has 2 fully saturated rings. The molecule has 0 aliphatic carbocycles. The number of fused-ring (bicyclic) bond motifs is 2. The lowest BCUT2D eigenvalue weighted by atomic mass is 9.83. The fraction of sp³-hybridized carbons (Fsp3) is 0.657. The molecule has 49 heavy (non-hydrogen) atoms. The number of ether oxygens (including phenoxy) is 4. The number of hydrogen-bond donors (Lipinski definition) is 8. The molecule has 0 aromatic rings. The van der Waals surface area contributed by atoms with Crippen molar-refractivity contribution in [3.63, 3.8) is 0 Å². The molecule has 3 rings (SSSR count). The Balaban J connectivity index is 1.93. The van der Waals surface area contributed by atoms with Crippen molar-refractivity contribution in [3.05, 3.63) is 60.8 Å². The molecule has 0 radical (unpaired) electrons. The summed E-state index contributed by atoms with van der Waals surface area (Å²) in [7, 11) is 0. The molecular weight excluding hydrogens is 642 g/mol. The SMILES string of the molecule is CC[C@H]1\C=C/C=C\C=C/C=C\[C@H](O[C@@H]2O[C@H](C)[C@@H](O)[C@H](N)[C@@H]2O)C[C@@H]2O[C@](O)(C[C@@H](O)C[C@@H](O)C/C=C\C(=O)O[C@@H]1C)C[C@H](O)[C@H]2C(=O)O. The molecule has 9 N–H and O–H groups in total. The molecule has 14 atom stereocenters. The second-order valence-electron chi connectivity index (χ2n) is 13.1. The molecule has 14 nitrogen and oxygen atoms in total. The molecule has 14 heteroatoms. The van der Waals surface area contributed by atoms with Gasteiger partial charge in [0.2, 0.25) is 0 Å². The van der Waals surface area contributed by atoms with Crippen LogP contribution in [0.4, 0.5) is 0 Å². The Bertz CT molecular complexity index is 1220. The molecule has 3 aliphatic rings. The van der Waals surface area contributed by atoms with Crippen LogP contribution >= 0.6 is 0 Å². The van der Waals surface area contributed by atoms with Crippen LogP contribution in [0.3, 0.4) is 0 Å². The van der Waals surface area contributed by atoms with E-state index in [9.17, 15) is 45.3 Å². The monoisotopic (exact) mass is 695 g/mol. The lowest BCUT2D eigenvalue weighted by Gasteiger charge is -2.45. The predicted molar refractivity (Wildman–Crippen MR) is 176 cm³/mol. The van der Waals surface area contributed by atoms with E-state index >= 15 is 0 Å². The van der Waals surface area contributed by atoms with Gasteiger partial charge in [-0.1, -0.05) is 61.6 Å². The number of carboxylic acids is 1. The van der Waals surface area contributed by atoms with E-state index in [0.29, 0.717) is 0 Å². The Morgan fingerprint density at radius 1 is 0.939 bits per heavy atom. The third-order valence-electron chi connectivity index (χ3n) is 9.05. The lowest BCUT2D eigenvalue weighted by molar-refractivity contribution is -0.308. The number of esters is 1. The van der Waals surface area contributed by atoms with Crippen molar-refractivity contribution in [3.8, 4) is 0 Å². The Morgan fingerprint density at radius 3 is 2.24 bits per heavy atom. The first-order valence-corrected chi connectivity index (χ1v) is 16.8. The third-order valence-corrected chi connectivity index (χ3v) is 9.05. The second-order valence-corrected chi connectivity index (χ2v) is 13.1. The van der Waals surface area contributed by atoms with Crippen molar-refractivity contribution in [2.45, 2.75) is 132 Å². The van der Waals surface area contributed by atoms with E-state index in [4.69, 9.17) is 24.7 Å². The van der Waals surface area contributed by atoms with Gasteiger partial charge in [0.05, 0.1) is 48.8 Å². The highest BCUT2D eigenvalue weighted by Gasteiger charge is 2.50. The van der Waals surface area contributed by atoms with Crippen molar-refractivity contribution < 1.29 is 64.3 Å². The summed E-state index contributed by atoms with van der Waals surface area (Å²) in [6.07, 6.45) is 4.26. The summed E-state index contributed by atoms with van der Waals surface area (Å²) in [5.41, 5.74) is 5.98. The summed E-state index contributed by atoms with van der Waals surface area (Å²) in [5.74, 6) is -5.69. The maximum absolute atomic E-state index is 12.3. The summed E-state index contributed by atoms with van der Waals surface area (Å²) < 4.78 is 23.1. The van der Waals surface area contributed by atoms with Crippen LogP contribution in [0.5, 0.6) is 0 Å². The summed E-state index contributed by atoms with van der Waals surface area (Å²) in [4.78, 5) is 24.6. The van der Waals surface area contributed by atoms with Crippen molar-refractivity contribution in [1.29, 1.82) is 0 Å². The van der Waals surface area contributed by atoms with Crippen LogP contribution in [0, 0.1) is 11.8 Å². The largest absolute Gasteiger partial charge is 0.481 e. The van der Waals surface area contributed by atoms with Crippen LogP contribution in [0.1, 0.15) is 59.3 Å². The van der Waals surface area contributed by atoms with Crippen LogP contribution < -0.4 is 5.73 Å². The molecule has 3 heterocycles. The minimum atomic E-state index is -2.18. The first-order chi connectivity index (χ1) is 23.1. The van der Waals surface area contributed by atoms with Crippen molar-refractivity contribution in [2.75, 3.05) is 0 Å². The van der Waals surface area contributed by atoms with Crippen molar-refractivity contribution in [1.82, 2.24) is 0 Å². The molecule has 3 aliphatic heterocycles. The number of aliphatic hydroxyl groups is 6. The van der Waals surface area contributed by atoms with Gasteiger partial charge in [-0.05, 0) is 33.1 Å². The molecule has 2 saturated heterocycles. The number of nitrogens with two attached hydrogens (primary N) is 1. The molecule has 0 amide bonds. The maximum atomic E-state index is 12.3. The number of carbonyl (C=O) groups excluding carboxylic acids is 1. The van der Waals surface area contributed by atoms with Gasteiger partial charge < -0.3 is 60.4 Å². The molecular formula is C35H53NO13. The van der Waals surface area contributed by atoms with Gasteiger partial charge in [0.25, 0.3) is 0 Å². The van der Waals surface area contributed by atoms with E-state index in [-0.39, 0.29) is 25.2 Å². The summed E-state index contributed by atoms with van der Waals surface area (Å²) >= 11 is 0. The second kappa shape index (κ2) is 19.0. The minimum Gasteiger partial charge on any atom is -0.481 e. The number of rotatable bonds is 4. The zero-order valence-electron chi connectivity index (χ0n) is 28.2. The average molecular weight is 696 g/mol. The predicted octanol–water partition coefficient (Wildman–Crippen LogP) is 0.739. The zero-order valence-corrected chi connectivity index (χ0v) is 28.2. The highest BCUT2D eigenvalue weighted by atomic mass is 16.7. The van der Waals surface area contributed by atoms with Gasteiger partial charge in [-0.2, -0.15) is 0 Å². The topological polar surface area (TPSA) is 239 Å². The number of allylic oxidation sites excluding steroid dienone is 6. The van der Waals surface area contributed by atoms with Gasteiger partial charge >= 0.3 is 11.9 Å². The van der Waals surface area contributed by atoms with Crippen molar-refractivity contribution in [2.24, 2.45) is 17.6 Å². The zero-order chi connectivity index (χ0) is 36.3. The van der Waals surface area contributed by atoms with Crippen LogP contribution in [0.15, 0.2) is 60.8 Å². The van der Waals surface area contributed by atoms with Crippen LogP contribution in [0.2, 0.25) is 0 Å². The number of aliphatic carboxylic acids is 1. The number of carbonyl (C=O) groups is 2. The Labute approximate surface area is 286 Å². The van der Waals surface area contributed by atoms with Gasteiger partial charge in [0.15, 0.2) is 12.1 Å². The number of carboxylic acid groups (broad SMARTS) is 1. The van der Waals surface area contributed by atoms with Crippen LogP contribution in [0.25, 0.3) is 0 Å². The van der Waals surface area contributed by atoms with E-state index in [1.807, 2.05) is 19.1 Å². The van der Waals surface area contributed by atoms with E-state index in [2.05, 4.69) is 0 Å². The molecule has 2 bridgehead atoms. The molecule has 0 spiro atoms. The van der Waals surface area contributed by atoms with Gasteiger partial charge in [-0.15, -0.1) is 0 Å². The molecule has 276 valence electrons. The molecule has 0 aromatic heterocycles. The number of hydrogen-bond acceptors (Lipinski definition) is 13. The molecule has 0 saturated carbocycles. The highest BCUT2D eigenvalue weighted by Crippen LogP contribution is 2.38. The first-order valence-electron chi connectivity index (χ1n) is 16.8. The first kappa shape index (κ1) is 40.7. The minimum absolute atomic E-state index is 0.00132. The highest BCUT2D eigenvalue weighted by molar-refractivity contribution is 5.82.